The van der Waals surface area contributed by atoms with E-state index in [1.807, 2.05) is 18.6 Å². The molecule has 158 valence electrons. The second kappa shape index (κ2) is 9.73. The van der Waals surface area contributed by atoms with E-state index >= 15 is 0 Å². The minimum absolute atomic E-state index is 0.0912. The van der Waals surface area contributed by atoms with Crippen LogP contribution in [0.15, 0.2) is 46.3 Å². The fourth-order valence-electron chi connectivity index (χ4n) is 2.38. The van der Waals surface area contributed by atoms with Crippen molar-refractivity contribution in [3.05, 3.63) is 47.7 Å². The van der Waals surface area contributed by atoms with Gasteiger partial charge in [0.1, 0.15) is 11.1 Å². The first-order chi connectivity index (χ1) is 14.0. The van der Waals surface area contributed by atoms with Crippen molar-refractivity contribution >= 4 is 39.3 Å². The van der Waals surface area contributed by atoms with Gasteiger partial charge in [0.25, 0.3) is 10.0 Å². The Morgan fingerprint density at radius 2 is 1.73 bits per heavy atom. The van der Waals surface area contributed by atoms with Gasteiger partial charge in [0.15, 0.2) is 0 Å². The zero-order valence-electron chi connectivity index (χ0n) is 17.0. The Morgan fingerprint density at radius 3 is 2.27 bits per heavy atom. The summed E-state index contributed by atoms with van der Waals surface area (Å²) in [5, 5.41) is 11.9. The smallest absolute Gasteiger partial charge is 0.264 e. The van der Waals surface area contributed by atoms with Crippen LogP contribution in [-0.2, 0) is 19.6 Å². The highest BCUT2D eigenvalue weighted by Gasteiger charge is 2.19. The zero-order valence-corrected chi connectivity index (χ0v) is 18.6. The van der Waals surface area contributed by atoms with Crippen LogP contribution < -0.4 is 10.0 Å². The van der Waals surface area contributed by atoms with Crippen LogP contribution in [-0.4, -0.2) is 30.5 Å². The van der Waals surface area contributed by atoms with Crippen molar-refractivity contribution < 1.29 is 18.0 Å². The Hall–Kier alpha value is -2.90. The summed E-state index contributed by atoms with van der Waals surface area (Å²) in [4.78, 5) is 27.9. The average molecular weight is 447 g/mol. The molecule has 2 N–H and O–H groups in total. The van der Waals surface area contributed by atoms with Gasteiger partial charge in [-0.3, -0.25) is 9.59 Å². The lowest BCUT2D eigenvalue weighted by Gasteiger charge is -2.14. The van der Waals surface area contributed by atoms with Crippen LogP contribution in [0.25, 0.3) is 0 Å². The second-order valence-electron chi connectivity index (χ2n) is 6.79. The molecule has 0 radical (unpaired) electrons. The van der Waals surface area contributed by atoms with Gasteiger partial charge in [-0.2, -0.15) is 5.26 Å². The average Bonchev–Trinajstić information content (AvgIpc) is 2.67. The molecule has 1 aromatic carbocycles. The topological polar surface area (TPSA) is 129 Å². The summed E-state index contributed by atoms with van der Waals surface area (Å²) in [6.07, 6.45) is 0. The molecule has 1 aromatic heterocycles. The van der Waals surface area contributed by atoms with Crippen molar-refractivity contribution in [3.8, 4) is 6.07 Å². The number of pyridine rings is 1. The maximum Gasteiger partial charge on any atom is 0.264 e. The Labute approximate surface area is 180 Å². The van der Waals surface area contributed by atoms with E-state index in [2.05, 4.69) is 16.4 Å². The summed E-state index contributed by atoms with van der Waals surface area (Å²) in [5.74, 6) is -0.822. The van der Waals surface area contributed by atoms with Gasteiger partial charge in [0.2, 0.25) is 11.8 Å². The minimum Gasteiger partial charge on any atom is -0.325 e. The molecule has 0 aliphatic heterocycles. The Bertz CT molecular complexity index is 1090. The van der Waals surface area contributed by atoms with Crippen LogP contribution in [0.5, 0.6) is 0 Å². The van der Waals surface area contributed by atoms with E-state index in [4.69, 9.17) is 0 Å². The Kier molecular flexibility index (Phi) is 7.59. The number of carbonyl (C=O) groups is 2. The van der Waals surface area contributed by atoms with Crippen LogP contribution in [0.4, 0.5) is 5.69 Å². The van der Waals surface area contributed by atoms with Crippen molar-refractivity contribution in [2.75, 3.05) is 5.32 Å². The summed E-state index contributed by atoms with van der Waals surface area (Å²) in [7, 11) is -3.94. The predicted octanol–water partition coefficient (Wildman–Crippen LogP) is 3.02. The molecule has 10 heteroatoms. The standard InChI is InChI=1S/C20H22N4O4S2/c1-12(2)18-10-5-15(11-21)20(23-18)29-13(3)19(26)22-16-6-8-17(9-7-16)30(27,28)24-14(4)25/h5-10,12-13H,1-4H3,(H,22,26)(H,24,25). The van der Waals surface area contributed by atoms with Crippen molar-refractivity contribution in [2.24, 2.45) is 0 Å². The van der Waals surface area contributed by atoms with Crippen molar-refractivity contribution in [3.63, 3.8) is 0 Å². The molecule has 0 bridgehead atoms. The first kappa shape index (κ1) is 23.4. The lowest BCUT2D eigenvalue weighted by Crippen LogP contribution is -2.28. The molecule has 30 heavy (non-hydrogen) atoms. The number of nitrogens with one attached hydrogen (secondary N) is 2. The predicted molar refractivity (Wildman–Crippen MR) is 114 cm³/mol. The third kappa shape index (κ3) is 6.05. The molecule has 0 saturated carbocycles. The number of hydrogen-bond donors (Lipinski definition) is 2. The van der Waals surface area contributed by atoms with Crippen LogP contribution >= 0.6 is 11.8 Å². The number of sulfonamides is 1. The number of thioether (sulfide) groups is 1. The van der Waals surface area contributed by atoms with E-state index in [0.29, 0.717) is 16.3 Å². The van der Waals surface area contributed by atoms with Crippen LogP contribution in [0, 0.1) is 11.3 Å². The number of hydrogen-bond acceptors (Lipinski definition) is 7. The quantitative estimate of drug-likeness (QED) is 0.625. The highest BCUT2D eigenvalue weighted by Crippen LogP contribution is 2.27. The van der Waals surface area contributed by atoms with Crippen LogP contribution in [0.1, 0.15) is 44.9 Å². The molecule has 2 rings (SSSR count). The SMILES string of the molecule is CC(=O)NS(=O)(=O)c1ccc(NC(=O)C(C)Sc2nc(C(C)C)ccc2C#N)cc1. The Balaban J connectivity index is 2.11. The van der Waals surface area contributed by atoms with Gasteiger partial charge in [-0.15, -0.1) is 0 Å². The van der Waals surface area contributed by atoms with Crippen LogP contribution in [0.2, 0.25) is 0 Å². The monoisotopic (exact) mass is 446 g/mol. The molecule has 0 saturated heterocycles. The summed E-state index contributed by atoms with van der Waals surface area (Å²) >= 11 is 1.18. The van der Waals surface area contributed by atoms with Gasteiger partial charge in [-0.05, 0) is 49.2 Å². The zero-order chi connectivity index (χ0) is 22.5. The molecule has 0 fully saturated rings. The van der Waals surface area contributed by atoms with E-state index in [-0.39, 0.29) is 16.7 Å². The van der Waals surface area contributed by atoms with Crippen molar-refractivity contribution in [2.45, 2.75) is 48.8 Å². The van der Waals surface area contributed by atoms with E-state index in [1.54, 1.807) is 19.1 Å². The number of carbonyl (C=O) groups excluding carboxylic acids is 2. The van der Waals surface area contributed by atoms with E-state index in [0.717, 1.165) is 12.6 Å². The molecule has 0 spiro atoms. The molecule has 2 aromatic rings. The van der Waals surface area contributed by atoms with Gasteiger partial charge >= 0.3 is 0 Å². The van der Waals surface area contributed by atoms with E-state index < -0.39 is 21.2 Å². The number of anilines is 1. The number of amides is 2. The summed E-state index contributed by atoms with van der Waals surface area (Å²) in [6.45, 7) is 6.79. The maximum absolute atomic E-state index is 12.5. The highest BCUT2D eigenvalue weighted by atomic mass is 32.2. The summed E-state index contributed by atoms with van der Waals surface area (Å²) in [6, 6.07) is 11.0. The number of benzene rings is 1. The number of nitriles is 1. The van der Waals surface area contributed by atoms with Crippen LogP contribution in [0.3, 0.4) is 0 Å². The lowest BCUT2D eigenvalue weighted by molar-refractivity contribution is -0.117. The fraction of sp³-hybridized carbons (Fsp3) is 0.300. The van der Waals surface area contributed by atoms with E-state index in [1.165, 1.54) is 36.0 Å². The van der Waals surface area contributed by atoms with Gasteiger partial charge in [-0.1, -0.05) is 25.6 Å². The highest BCUT2D eigenvalue weighted by molar-refractivity contribution is 8.00. The first-order valence-electron chi connectivity index (χ1n) is 9.05. The number of aromatic nitrogens is 1. The summed E-state index contributed by atoms with van der Waals surface area (Å²) in [5.41, 5.74) is 1.63. The third-order valence-corrected chi connectivity index (χ3v) is 6.51. The lowest BCUT2D eigenvalue weighted by atomic mass is 10.1. The molecule has 0 aliphatic carbocycles. The van der Waals surface area contributed by atoms with Gasteiger partial charge in [-0.25, -0.2) is 18.1 Å². The molecule has 0 aliphatic rings. The van der Waals surface area contributed by atoms with Gasteiger partial charge < -0.3 is 5.32 Å². The first-order valence-corrected chi connectivity index (χ1v) is 11.4. The second-order valence-corrected chi connectivity index (χ2v) is 9.80. The Morgan fingerprint density at radius 1 is 1.10 bits per heavy atom. The number of rotatable bonds is 7. The molecule has 8 nitrogen and oxygen atoms in total. The molecule has 1 unspecified atom stereocenters. The maximum atomic E-state index is 12.5. The number of nitrogens with zero attached hydrogens (tertiary/aromatic N) is 2. The van der Waals surface area contributed by atoms with Gasteiger partial charge in [0, 0.05) is 18.3 Å². The summed E-state index contributed by atoms with van der Waals surface area (Å²) < 4.78 is 25.8. The largest absolute Gasteiger partial charge is 0.325 e. The molecule has 2 amide bonds. The van der Waals surface area contributed by atoms with Crippen molar-refractivity contribution in [1.82, 2.24) is 9.71 Å². The molecular formula is C20H22N4O4S2. The normalized spacial score (nSPS) is 12.1. The molecular weight excluding hydrogens is 424 g/mol. The van der Waals surface area contributed by atoms with Gasteiger partial charge in [0.05, 0.1) is 15.7 Å². The van der Waals surface area contributed by atoms with Crippen molar-refractivity contribution in [1.29, 1.82) is 5.26 Å². The fourth-order valence-corrected chi connectivity index (χ4v) is 4.27. The molecule has 1 atom stereocenters. The van der Waals surface area contributed by atoms with E-state index in [9.17, 15) is 23.3 Å². The third-order valence-electron chi connectivity index (χ3n) is 3.96. The minimum atomic E-state index is -3.94. The molecule has 1 heterocycles.